The maximum Gasteiger partial charge on any atom is 0.438 e. The summed E-state index contributed by atoms with van der Waals surface area (Å²) in [4.78, 5) is 38.4. The average molecular weight is 640 g/mol. The van der Waals surface area contributed by atoms with Crippen molar-refractivity contribution in [1.29, 1.82) is 0 Å². The molecule has 0 N–H and O–H groups in total. The van der Waals surface area contributed by atoms with Crippen LogP contribution in [0.1, 0.15) is 36.0 Å². The van der Waals surface area contributed by atoms with Crippen LogP contribution in [0.3, 0.4) is 0 Å². The van der Waals surface area contributed by atoms with E-state index in [9.17, 15) is 53.7 Å². The van der Waals surface area contributed by atoms with Gasteiger partial charge in [-0.2, -0.15) is 26.3 Å². The third kappa shape index (κ3) is 5.04. The Morgan fingerprint density at radius 3 is 1.89 bits per heavy atom. The molecule has 1 aromatic carbocycles. The first kappa shape index (κ1) is 27.4. The van der Waals surface area contributed by atoms with Crippen LogP contribution in [0.2, 0.25) is 0 Å². The number of amides is 2. The van der Waals surface area contributed by atoms with Gasteiger partial charge in [0.25, 0.3) is 11.8 Å². The Hall–Kier alpha value is -2.21. The molecule has 0 unspecified atom stereocenters. The van der Waals surface area contributed by atoms with Gasteiger partial charge in [0.1, 0.15) is 0 Å². The number of benzene rings is 1. The van der Waals surface area contributed by atoms with Crippen LogP contribution in [0, 0.1) is 3.57 Å². The Morgan fingerprint density at radius 2 is 1.49 bits per heavy atom. The highest BCUT2D eigenvalue weighted by molar-refractivity contribution is 14.1. The van der Waals surface area contributed by atoms with Crippen LogP contribution >= 0.6 is 22.6 Å². The fourth-order valence-electron chi connectivity index (χ4n) is 3.71. The quantitative estimate of drug-likeness (QED) is 0.159. The summed E-state index contributed by atoms with van der Waals surface area (Å²) >= 11 is 1.36. The van der Waals surface area contributed by atoms with Crippen molar-refractivity contribution in [3.05, 3.63) is 38.5 Å². The van der Waals surface area contributed by atoms with Crippen molar-refractivity contribution in [2.75, 3.05) is 10.7 Å². The third-order valence-electron chi connectivity index (χ3n) is 5.38. The first-order valence-electron chi connectivity index (χ1n) is 9.60. The number of imide groups is 1. The van der Waals surface area contributed by atoms with Crippen LogP contribution in [-0.4, -0.2) is 54.5 Å². The van der Waals surface area contributed by atoms with Crippen LogP contribution in [0.25, 0.3) is 0 Å². The molecule has 2 amide bonds. The van der Waals surface area contributed by atoms with Crippen molar-refractivity contribution in [2.45, 2.75) is 43.6 Å². The maximum absolute atomic E-state index is 13.4. The number of anilines is 1. The smallest absolute Gasteiger partial charge is 0.438 e. The van der Waals surface area contributed by atoms with E-state index in [0.29, 0.717) is 36.8 Å². The SMILES string of the molecule is O=C(OC(CS(=O)(=O)[O-])(C(F)(F)F)C(F)(F)F)c1ccc(N2C(=O)C3=C(CCCC3)C2=O)cc1I. The largest absolute Gasteiger partial charge is 0.748 e. The molecule has 1 aliphatic carbocycles. The summed E-state index contributed by atoms with van der Waals surface area (Å²) in [6, 6.07) is 2.67. The minimum Gasteiger partial charge on any atom is -0.748 e. The number of carbonyl (C=O) groups is 3. The van der Waals surface area contributed by atoms with E-state index in [4.69, 9.17) is 0 Å². The molecule has 0 bridgehead atoms. The van der Waals surface area contributed by atoms with E-state index >= 15 is 0 Å². The molecule has 0 spiro atoms. The van der Waals surface area contributed by atoms with E-state index in [1.54, 1.807) is 0 Å². The van der Waals surface area contributed by atoms with Gasteiger partial charge in [-0.1, -0.05) is 0 Å². The fraction of sp³-hybridized carbons (Fsp3) is 0.421. The molecule has 192 valence electrons. The molecule has 0 aromatic heterocycles. The standard InChI is InChI=1S/C19H14F6INO7S/c20-18(21,22)17(19(23,24)25,8-35(31,32)33)34-16(30)12-6-5-9(7-13(12)26)27-14(28)10-3-1-2-4-11(10)15(27)29/h5-7H,1-4,8H2,(H,31,32,33)/p-1. The van der Waals surface area contributed by atoms with Gasteiger partial charge in [-0.3, -0.25) is 9.59 Å². The highest BCUT2D eigenvalue weighted by atomic mass is 127. The molecule has 16 heteroatoms. The first-order chi connectivity index (χ1) is 15.9. The number of ether oxygens (including phenoxy) is 1. The van der Waals surface area contributed by atoms with Gasteiger partial charge < -0.3 is 9.29 Å². The third-order valence-corrected chi connectivity index (χ3v) is 7.04. The zero-order valence-corrected chi connectivity index (χ0v) is 20.1. The van der Waals surface area contributed by atoms with Crippen molar-refractivity contribution in [3.8, 4) is 0 Å². The number of nitrogens with zero attached hydrogens (tertiary/aromatic N) is 1. The molecule has 0 saturated heterocycles. The lowest BCUT2D eigenvalue weighted by Crippen LogP contribution is -2.63. The van der Waals surface area contributed by atoms with Crippen molar-refractivity contribution in [2.24, 2.45) is 0 Å². The monoisotopic (exact) mass is 640 g/mol. The van der Waals surface area contributed by atoms with Crippen molar-refractivity contribution < 1.29 is 58.4 Å². The number of esters is 1. The number of alkyl halides is 6. The van der Waals surface area contributed by atoms with Gasteiger partial charge in [0.05, 0.1) is 27.1 Å². The summed E-state index contributed by atoms with van der Waals surface area (Å²) < 4.78 is 116. The van der Waals surface area contributed by atoms with Gasteiger partial charge in [-0.05, 0) is 66.5 Å². The molecular formula is C19H13F6INO7S-. The highest BCUT2D eigenvalue weighted by Crippen LogP contribution is 2.47. The summed E-state index contributed by atoms with van der Waals surface area (Å²) in [6.45, 7) is 0. The van der Waals surface area contributed by atoms with E-state index in [2.05, 4.69) is 4.74 Å². The Balaban J connectivity index is 1.97. The second kappa shape index (κ2) is 9.02. The van der Waals surface area contributed by atoms with Crippen molar-refractivity contribution >= 4 is 56.2 Å². The Bertz CT molecular complexity index is 1200. The number of halogens is 7. The van der Waals surface area contributed by atoms with E-state index < -0.39 is 57.2 Å². The Kier molecular flexibility index (Phi) is 7.06. The van der Waals surface area contributed by atoms with Gasteiger partial charge in [0, 0.05) is 14.7 Å². The van der Waals surface area contributed by atoms with Gasteiger partial charge >= 0.3 is 23.9 Å². The maximum atomic E-state index is 13.4. The zero-order valence-electron chi connectivity index (χ0n) is 17.1. The summed E-state index contributed by atoms with van der Waals surface area (Å²) in [6.07, 6.45) is -10.9. The summed E-state index contributed by atoms with van der Waals surface area (Å²) in [5.74, 6) is -6.59. The van der Waals surface area contributed by atoms with Gasteiger partial charge in [-0.15, -0.1) is 0 Å². The van der Waals surface area contributed by atoms with E-state index in [-0.39, 0.29) is 9.26 Å². The number of rotatable bonds is 5. The minimum atomic E-state index is -6.51. The highest BCUT2D eigenvalue weighted by Gasteiger charge is 2.75. The average Bonchev–Trinajstić information content (AvgIpc) is 2.95. The van der Waals surface area contributed by atoms with Crippen LogP contribution in [0.15, 0.2) is 29.3 Å². The van der Waals surface area contributed by atoms with Crippen molar-refractivity contribution in [1.82, 2.24) is 0 Å². The Labute approximate surface area is 207 Å². The summed E-state index contributed by atoms with van der Waals surface area (Å²) in [5.41, 5.74) is -5.93. The molecule has 1 aromatic rings. The lowest BCUT2D eigenvalue weighted by molar-refractivity contribution is -0.356. The fourth-order valence-corrected chi connectivity index (χ4v) is 5.32. The summed E-state index contributed by atoms with van der Waals surface area (Å²) in [7, 11) is -6.18. The number of hydrogen-bond acceptors (Lipinski definition) is 7. The zero-order chi connectivity index (χ0) is 26.6. The molecule has 1 heterocycles. The molecule has 0 atom stereocenters. The molecule has 0 fully saturated rings. The summed E-state index contributed by atoms with van der Waals surface area (Å²) in [5, 5.41) is 0. The normalized spacial score (nSPS) is 17.7. The van der Waals surface area contributed by atoms with Crippen LogP contribution in [0.4, 0.5) is 32.0 Å². The lowest BCUT2D eigenvalue weighted by atomic mass is 9.93. The molecule has 35 heavy (non-hydrogen) atoms. The molecular weight excluding hydrogens is 627 g/mol. The second-order valence-corrected chi connectivity index (χ2v) is 10.3. The van der Waals surface area contributed by atoms with Crippen LogP contribution in [-0.2, 0) is 24.4 Å². The number of carbonyl (C=O) groups excluding carboxylic acids is 3. The molecule has 1 aliphatic heterocycles. The van der Waals surface area contributed by atoms with Gasteiger partial charge in [0.2, 0.25) is 0 Å². The van der Waals surface area contributed by atoms with E-state index in [0.717, 1.165) is 23.1 Å². The van der Waals surface area contributed by atoms with Crippen LogP contribution in [0.5, 0.6) is 0 Å². The number of hydrogen-bond donors (Lipinski definition) is 0. The predicted molar refractivity (Wildman–Crippen MR) is 112 cm³/mol. The lowest BCUT2D eigenvalue weighted by Gasteiger charge is -2.37. The molecule has 2 aliphatic rings. The van der Waals surface area contributed by atoms with Crippen LogP contribution < -0.4 is 4.90 Å². The molecule has 8 nitrogen and oxygen atoms in total. The first-order valence-corrected chi connectivity index (χ1v) is 12.3. The molecule has 3 rings (SSSR count). The van der Waals surface area contributed by atoms with E-state index in [1.807, 2.05) is 0 Å². The molecule has 0 saturated carbocycles. The topological polar surface area (TPSA) is 121 Å². The predicted octanol–water partition coefficient (Wildman–Crippen LogP) is 3.60. The Morgan fingerprint density at radius 1 is 1.00 bits per heavy atom. The van der Waals surface area contributed by atoms with Gasteiger partial charge in [-0.25, -0.2) is 18.1 Å². The second-order valence-electron chi connectivity index (χ2n) is 7.69. The minimum absolute atomic E-state index is 0.0876. The van der Waals surface area contributed by atoms with E-state index in [1.165, 1.54) is 22.6 Å². The molecule has 0 radical (unpaired) electrons. The van der Waals surface area contributed by atoms with Crippen molar-refractivity contribution in [3.63, 3.8) is 0 Å². The van der Waals surface area contributed by atoms with Gasteiger partial charge in [0.15, 0.2) is 0 Å².